The number of amides is 2. The first kappa shape index (κ1) is 21.9. The Hall–Kier alpha value is -3.32. The lowest BCUT2D eigenvalue weighted by molar-refractivity contribution is -0.124. The van der Waals surface area contributed by atoms with E-state index in [0.717, 1.165) is 27.5 Å². The molecule has 1 aliphatic rings. The number of nitrogens with zero attached hydrogens (tertiary/aromatic N) is 1. The Bertz CT molecular complexity index is 1100. The fourth-order valence-electron chi connectivity index (χ4n) is 3.56. The minimum Gasteiger partial charge on any atom is -0.497 e. The number of methoxy groups -OCH3 is 1. The predicted octanol–water partition coefficient (Wildman–Crippen LogP) is 4.72. The molecule has 0 radical (unpaired) electrons. The number of hydrogen-bond donors (Lipinski definition) is 1. The summed E-state index contributed by atoms with van der Waals surface area (Å²) in [6.45, 7) is 0.193. The molecule has 5 nitrogen and oxygen atoms in total. The predicted molar refractivity (Wildman–Crippen MR) is 123 cm³/mol. The van der Waals surface area contributed by atoms with Crippen LogP contribution in [0.15, 0.2) is 77.7 Å². The van der Waals surface area contributed by atoms with Crippen molar-refractivity contribution < 1.29 is 18.7 Å². The van der Waals surface area contributed by atoms with Gasteiger partial charge in [-0.15, -0.1) is 11.8 Å². The number of carbonyl (C=O) groups is 2. The van der Waals surface area contributed by atoms with Gasteiger partial charge >= 0.3 is 0 Å². The zero-order valence-corrected chi connectivity index (χ0v) is 18.4. The fraction of sp³-hybridized carbons (Fsp3) is 0.200. The first-order valence-corrected chi connectivity index (χ1v) is 11.1. The summed E-state index contributed by atoms with van der Waals surface area (Å²) in [5.41, 5.74) is 2.55. The Morgan fingerprint density at radius 2 is 1.81 bits per heavy atom. The molecule has 7 heteroatoms. The zero-order valence-electron chi connectivity index (χ0n) is 17.6. The highest BCUT2D eigenvalue weighted by molar-refractivity contribution is 7.99. The molecule has 3 aromatic carbocycles. The Kier molecular flexibility index (Phi) is 6.75. The van der Waals surface area contributed by atoms with E-state index >= 15 is 0 Å². The number of rotatable bonds is 6. The van der Waals surface area contributed by atoms with E-state index in [1.165, 1.54) is 12.1 Å². The molecule has 0 saturated carbocycles. The topological polar surface area (TPSA) is 58.6 Å². The van der Waals surface area contributed by atoms with Gasteiger partial charge in [0.25, 0.3) is 0 Å². The Labute approximate surface area is 190 Å². The van der Waals surface area contributed by atoms with Crippen LogP contribution in [0.5, 0.6) is 5.75 Å². The summed E-state index contributed by atoms with van der Waals surface area (Å²) in [6, 6.07) is 21.3. The van der Waals surface area contributed by atoms with Crippen molar-refractivity contribution in [2.75, 3.05) is 18.6 Å². The molecule has 32 heavy (non-hydrogen) atoms. The average Bonchev–Trinajstić information content (AvgIpc) is 2.95. The van der Waals surface area contributed by atoms with Crippen molar-refractivity contribution in [1.82, 2.24) is 5.32 Å². The third kappa shape index (κ3) is 5.11. The van der Waals surface area contributed by atoms with Gasteiger partial charge in [0.1, 0.15) is 18.1 Å². The second-order valence-electron chi connectivity index (χ2n) is 7.43. The van der Waals surface area contributed by atoms with Crippen molar-refractivity contribution in [2.24, 2.45) is 0 Å². The molecule has 0 aromatic heterocycles. The summed E-state index contributed by atoms with van der Waals surface area (Å²) in [7, 11) is 1.62. The summed E-state index contributed by atoms with van der Waals surface area (Å²) in [6.07, 6.45) is 0.275. The van der Waals surface area contributed by atoms with Crippen LogP contribution in [0, 0.1) is 5.82 Å². The van der Waals surface area contributed by atoms with E-state index in [9.17, 15) is 14.0 Å². The van der Waals surface area contributed by atoms with Gasteiger partial charge in [-0.25, -0.2) is 4.39 Å². The van der Waals surface area contributed by atoms with Gasteiger partial charge in [-0.1, -0.05) is 36.4 Å². The quantitative estimate of drug-likeness (QED) is 0.590. The number of nitrogens with one attached hydrogen (secondary N) is 1. The van der Waals surface area contributed by atoms with E-state index < -0.39 is 0 Å². The van der Waals surface area contributed by atoms with E-state index in [1.54, 1.807) is 35.9 Å². The molecule has 1 aliphatic heterocycles. The maximum atomic E-state index is 13.2. The summed E-state index contributed by atoms with van der Waals surface area (Å²) >= 11 is 1.62. The highest BCUT2D eigenvalue weighted by Gasteiger charge is 2.30. The van der Waals surface area contributed by atoms with Crippen molar-refractivity contribution in [3.8, 4) is 5.75 Å². The van der Waals surface area contributed by atoms with Gasteiger partial charge in [0.2, 0.25) is 11.8 Å². The van der Waals surface area contributed by atoms with Crippen LogP contribution in [0.2, 0.25) is 0 Å². The van der Waals surface area contributed by atoms with Gasteiger partial charge in [-0.05, 0) is 47.5 Å². The number of anilines is 1. The van der Waals surface area contributed by atoms with Crippen LogP contribution >= 0.6 is 11.8 Å². The molecular formula is C25H23FN2O3S. The lowest BCUT2D eigenvalue weighted by atomic mass is 10.1. The van der Waals surface area contributed by atoms with Crippen molar-refractivity contribution in [3.63, 3.8) is 0 Å². The minimum absolute atomic E-state index is 0.0677. The van der Waals surface area contributed by atoms with Gasteiger partial charge in [0.05, 0.1) is 12.8 Å². The molecule has 0 saturated heterocycles. The van der Waals surface area contributed by atoms with E-state index in [1.807, 2.05) is 48.5 Å². The van der Waals surface area contributed by atoms with Gasteiger partial charge in [0, 0.05) is 23.1 Å². The maximum absolute atomic E-state index is 13.2. The molecule has 2 amide bonds. The molecule has 0 unspecified atom stereocenters. The van der Waals surface area contributed by atoms with Crippen molar-refractivity contribution in [2.45, 2.75) is 23.1 Å². The molecule has 164 valence electrons. The smallest absolute Gasteiger partial charge is 0.240 e. The standard InChI is InChI=1S/C25H23FN2O3S/c1-31-20-12-8-18(9-13-20)23-14-25(30)28(21-4-2-3-5-22(21)32-23)16-24(29)27-15-17-6-10-19(26)11-7-17/h2-13,23H,14-16H2,1H3,(H,27,29)/t23-/m1/s1. The number of para-hydroxylation sites is 1. The van der Waals surface area contributed by atoms with Gasteiger partial charge in [0.15, 0.2) is 0 Å². The fourth-order valence-corrected chi connectivity index (χ4v) is 4.84. The van der Waals surface area contributed by atoms with E-state index in [4.69, 9.17) is 4.74 Å². The molecule has 1 atom stereocenters. The minimum atomic E-state index is -0.323. The average molecular weight is 451 g/mol. The third-order valence-electron chi connectivity index (χ3n) is 5.28. The van der Waals surface area contributed by atoms with Crippen LogP contribution in [-0.2, 0) is 16.1 Å². The number of thioether (sulfide) groups is 1. The second kappa shape index (κ2) is 9.87. The number of carbonyl (C=O) groups excluding carboxylic acids is 2. The van der Waals surface area contributed by atoms with Gasteiger partial charge in [-0.2, -0.15) is 0 Å². The highest BCUT2D eigenvalue weighted by atomic mass is 32.2. The van der Waals surface area contributed by atoms with E-state index in [2.05, 4.69) is 5.32 Å². The number of ether oxygens (including phenoxy) is 1. The van der Waals surface area contributed by atoms with Crippen LogP contribution in [0.1, 0.15) is 22.8 Å². The molecule has 0 bridgehead atoms. The second-order valence-corrected chi connectivity index (χ2v) is 8.68. The molecule has 0 spiro atoms. The van der Waals surface area contributed by atoms with Crippen LogP contribution in [0.3, 0.4) is 0 Å². The van der Waals surface area contributed by atoms with E-state index in [0.29, 0.717) is 0 Å². The Balaban J connectivity index is 1.50. The zero-order chi connectivity index (χ0) is 22.5. The molecule has 3 aromatic rings. The van der Waals surface area contributed by atoms with Crippen molar-refractivity contribution in [1.29, 1.82) is 0 Å². The Morgan fingerprint density at radius 3 is 2.53 bits per heavy atom. The van der Waals surface area contributed by atoms with Crippen LogP contribution in [-0.4, -0.2) is 25.5 Å². The summed E-state index contributed by atoms with van der Waals surface area (Å²) < 4.78 is 18.3. The van der Waals surface area contributed by atoms with Crippen LogP contribution < -0.4 is 15.0 Å². The summed E-state index contributed by atoms with van der Waals surface area (Å²) in [5, 5.41) is 2.75. The number of benzene rings is 3. The van der Waals surface area contributed by atoms with Crippen molar-refractivity contribution >= 4 is 29.3 Å². The molecule has 0 fully saturated rings. The molecule has 4 rings (SSSR count). The van der Waals surface area contributed by atoms with Gasteiger partial charge < -0.3 is 15.0 Å². The number of hydrogen-bond acceptors (Lipinski definition) is 4. The van der Waals surface area contributed by atoms with Crippen molar-refractivity contribution in [3.05, 3.63) is 89.7 Å². The van der Waals surface area contributed by atoms with E-state index in [-0.39, 0.29) is 42.4 Å². The van der Waals surface area contributed by atoms with Crippen LogP contribution in [0.4, 0.5) is 10.1 Å². The summed E-state index contributed by atoms with van der Waals surface area (Å²) in [4.78, 5) is 28.3. The Morgan fingerprint density at radius 1 is 1.09 bits per heavy atom. The molecular weight excluding hydrogens is 427 g/mol. The third-order valence-corrected chi connectivity index (χ3v) is 6.60. The maximum Gasteiger partial charge on any atom is 0.240 e. The molecule has 1 heterocycles. The monoisotopic (exact) mass is 450 g/mol. The van der Waals surface area contributed by atoms with Crippen LogP contribution in [0.25, 0.3) is 0 Å². The van der Waals surface area contributed by atoms with Gasteiger partial charge in [-0.3, -0.25) is 9.59 Å². The normalized spacial score (nSPS) is 15.6. The molecule has 1 N–H and O–H groups in total. The highest BCUT2D eigenvalue weighted by Crippen LogP contribution is 2.45. The lowest BCUT2D eigenvalue weighted by Crippen LogP contribution is -2.40. The first-order chi connectivity index (χ1) is 15.5. The first-order valence-electron chi connectivity index (χ1n) is 10.2. The summed E-state index contributed by atoms with van der Waals surface area (Å²) in [5.74, 6) is 0.0555. The molecule has 0 aliphatic carbocycles. The number of fused-ring (bicyclic) bond motifs is 1. The SMILES string of the molecule is COc1ccc([C@H]2CC(=O)N(CC(=O)NCc3ccc(F)cc3)c3ccccc3S2)cc1. The number of halogens is 1. The largest absolute Gasteiger partial charge is 0.497 e. The lowest BCUT2D eigenvalue weighted by Gasteiger charge is -2.22.